The minimum atomic E-state index is 0.148. The van der Waals surface area contributed by atoms with Gasteiger partial charge in [-0.15, -0.1) is 0 Å². The Morgan fingerprint density at radius 2 is 2.33 bits per heavy atom. The Labute approximate surface area is 91.9 Å². The third kappa shape index (κ3) is 2.16. The van der Waals surface area contributed by atoms with Crippen LogP contribution in [0.1, 0.15) is 12.8 Å². The summed E-state index contributed by atoms with van der Waals surface area (Å²) in [6, 6.07) is 1.65. The maximum absolute atomic E-state index is 5.83. The predicted octanol–water partition coefficient (Wildman–Crippen LogP) is 0.492. The summed E-state index contributed by atoms with van der Waals surface area (Å²) < 4.78 is 0. The number of amidine groups is 1. The molecule has 7 heteroatoms. The van der Waals surface area contributed by atoms with Gasteiger partial charge >= 0.3 is 0 Å². The van der Waals surface area contributed by atoms with Crippen molar-refractivity contribution >= 4 is 23.3 Å². The maximum Gasteiger partial charge on any atom is 0.224 e. The van der Waals surface area contributed by atoms with Crippen LogP contribution in [-0.4, -0.2) is 15.8 Å². The minimum absolute atomic E-state index is 0.148. The van der Waals surface area contributed by atoms with Gasteiger partial charge in [0.05, 0.1) is 0 Å². The second kappa shape index (κ2) is 4.00. The first-order valence-electron chi connectivity index (χ1n) is 4.53. The van der Waals surface area contributed by atoms with Gasteiger partial charge in [0.25, 0.3) is 0 Å². The molecule has 1 aromatic rings. The molecule has 0 aliphatic heterocycles. The average Bonchev–Trinajstić information content (AvgIpc) is 3.03. The first kappa shape index (κ1) is 10.1. The molecule has 0 atom stereocenters. The number of hydrogen-bond donors (Lipinski definition) is 2. The molecular formula is C8H11ClN6. The van der Waals surface area contributed by atoms with Crippen LogP contribution in [0.3, 0.4) is 0 Å². The van der Waals surface area contributed by atoms with Crippen molar-refractivity contribution in [3.8, 4) is 0 Å². The fourth-order valence-corrected chi connectivity index (χ4v) is 1.43. The molecule has 1 heterocycles. The Bertz CT molecular complexity index is 388. The van der Waals surface area contributed by atoms with Crippen LogP contribution >= 0.6 is 11.6 Å². The molecule has 1 fully saturated rings. The molecule has 1 aromatic heterocycles. The molecule has 80 valence electrons. The fourth-order valence-electron chi connectivity index (χ4n) is 1.28. The summed E-state index contributed by atoms with van der Waals surface area (Å²) in [4.78, 5) is 7.74. The zero-order valence-corrected chi connectivity index (χ0v) is 8.72. The molecule has 1 aliphatic rings. The van der Waals surface area contributed by atoms with Crippen LogP contribution in [0.5, 0.6) is 0 Å². The highest BCUT2D eigenvalue weighted by Gasteiger charge is 2.31. The van der Waals surface area contributed by atoms with Crippen LogP contribution in [0.15, 0.2) is 17.4 Å². The Balaban J connectivity index is 2.22. The molecule has 2 rings (SSSR count). The highest BCUT2D eigenvalue weighted by atomic mass is 35.5. The van der Waals surface area contributed by atoms with Gasteiger partial charge < -0.3 is 5.84 Å². The largest absolute Gasteiger partial charge is 0.322 e. The number of hydrazone groups is 1. The number of aromatic nitrogens is 2. The van der Waals surface area contributed by atoms with Crippen LogP contribution in [0.4, 0.5) is 5.82 Å². The van der Waals surface area contributed by atoms with Crippen LogP contribution in [0.25, 0.3) is 0 Å². The summed E-state index contributed by atoms with van der Waals surface area (Å²) in [5.74, 6) is 12.6. The Morgan fingerprint density at radius 1 is 1.60 bits per heavy atom. The molecule has 0 saturated heterocycles. The third-order valence-corrected chi connectivity index (χ3v) is 2.36. The van der Waals surface area contributed by atoms with E-state index in [1.54, 1.807) is 6.07 Å². The van der Waals surface area contributed by atoms with Gasteiger partial charge in [-0.3, -0.25) is 0 Å². The highest BCUT2D eigenvalue weighted by molar-refractivity contribution is 6.28. The van der Waals surface area contributed by atoms with Crippen molar-refractivity contribution in [2.75, 3.05) is 5.01 Å². The quantitative estimate of drug-likeness (QED) is 0.252. The van der Waals surface area contributed by atoms with E-state index in [-0.39, 0.29) is 5.28 Å². The number of anilines is 1. The summed E-state index contributed by atoms with van der Waals surface area (Å²) in [5, 5.41) is 5.17. The molecule has 0 amide bonds. The number of hydrazine groups is 1. The van der Waals surface area contributed by atoms with Gasteiger partial charge in [0.15, 0.2) is 5.82 Å². The molecule has 0 bridgehead atoms. The molecule has 0 radical (unpaired) electrons. The molecule has 15 heavy (non-hydrogen) atoms. The summed E-state index contributed by atoms with van der Waals surface area (Å²) >= 11 is 5.66. The molecule has 6 nitrogen and oxygen atoms in total. The van der Waals surface area contributed by atoms with Crippen molar-refractivity contribution in [1.82, 2.24) is 9.97 Å². The average molecular weight is 227 g/mol. The van der Waals surface area contributed by atoms with Gasteiger partial charge in [0, 0.05) is 18.2 Å². The first-order chi connectivity index (χ1) is 7.22. The van der Waals surface area contributed by atoms with Crippen LogP contribution in [-0.2, 0) is 0 Å². The molecule has 0 unspecified atom stereocenters. The number of nitrogens with two attached hydrogens (primary N) is 2. The van der Waals surface area contributed by atoms with E-state index in [1.807, 2.05) is 0 Å². The van der Waals surface area contributed by atoms with E-state index >= 15 is 0 Å². The van der Waals surface area contributed by atoms with Gasteiger partial charge in [-0.2, -0.15) is 10.1 Å². The third-order valence-electron chi connectivity index (χ3n) is 2.18. The van der Waals surface area contributed by atoms with Crippen molar-refractivity contribution < 1.29 is 0 Å². The lowest BCUT2D eigenvalue weighted by Gasteiger charge is -2.18. The number of hydrogen-bond acceptors (Lipinski definition) is 5. The van der Waals surface area contributed by atoms with Crippen molar-refractivity contribution in [3.63, 3.8) is 0 Å². The van der Waals surface area contributed by atoms with E-state index < -0.39 is 0 Å². The Kier molecular flexibility index (Phi) is 2.70. The predicted molar refractivity (Wildman–Crippen MR) is 58.1 cm³/mol. The van der Waals surface area contributed by atoms with Crippen molar-refractivity contribution in [2.45, 2.75) is 12.8 Å². The van der Waals surface area contributed by atoms with Crippen LogP contribution < -0.4 is 16.7 Å². The summed E-state index contributed by atoms with van der Waals surface area (Å²) in [6.07, 6.45) is 3.65. The lowest BCUT2D eigenvalue weighted by Crippen LogP contribution is -2.40. The second-order valence-corrected chi connectivity index (χ2v) is 3.65. The van der Waals surface area contributed by atoms with Crippen LogP contribution in [0, 0.1) is 5.92 Å². The molecule has 1 aliphatic carbocycles. The first-order valence-corrected chi connectivity index (χ1v) is 4.91. The summed E-state index contributed by atoms with van der Waals surface area (Å²) in [5.41, 5.74) is 0. The van der Waals surface area contributed by atoms with Gasteiger partial charge in [-0.25, -0.2) is 15.8 Å². The highest BCUT2D eigenvalue weighted by Crippen LogP contribution is 2.32. The van der Waals surface area contributed by atoms with Crippen molar-refractivity contribution in [1.29, 1.82) is 0 Å². The van der Waals surface area contributed by atoms with E-state index in [2.05, 4.69) is 15.1 Å². The maximum atomic E-state index is 5.83. The monoisotopic (exact) mass is 226 g/mol. The van der Waals surface area contributed by atoms with Gasteiger partial charge in [-0.1, -0.05) is 0 Å². The molecule has 0 aromatic carbocycles. The lowest BCUT2D eigenvalue weighted by molar-refractivity contribution is 0.968. The number of halogens is 1. The van der Waals surface area contributed by atoms with Gasteiger partial charge in [0.1, 0.15) is 5.84 Å². The van der Waals surface area contributed by atoms with E-state index in [0.29, 0.717) is 17.6 Å². The molecule has 1 saturated carbocycles. The SMILES string of the molecule is N/N=C(/C1CC1)N(N)c1ccnc(Cl)n1. The van der Waals surface area contributed by atoms with E-state index in [4.69, 9.17) is 23.3 Å². The lowest BCUT2D eigenvalue weighted by atomic mass is 10.3. The second-order valence-electron chi connectivity index (χ2n) is 3.32. The zero-order chi connectivity index (χ0) is 10.8. The van der Waals surface area contributed by atoms with E-state index in [0.717, 1.165) is 12.8 Å². The summed E-state index contributed by atoms with van der Waals surface area (Å²) in [6.45, 7) is 0. The van der Waals surface area contributed by atoms with Crippen molar-refractivity contribution in [2.24, 2.45) is 22.7 Å². The standard InChI is InChI=1S/C8H11ClN6/c9-8-12-4-3-6(13-8)15(11)7(14-10)5-1-2-5/h3-5H,1-2,10-11H2/b14-7-. The normalized spacial score (nSPS) is 16.5. The molecule has 0 spiro atoms. The molecular weight excluding hydrogens is 216 g/mol. The van der Waals surface area contributed by atoms with Gasteiger partial charge in [-0.05, 0) is 24.4 Å². The van der Waals surface area contributed by atoms with E-state index in [9.17, 15) is 0 Å². The van der Waals surface area contributed by atoms with Crippen LogP contribution in [0.2, 0.25) is 5.28 Å². The smallest absolute Gasteiger partial charge is 0.224 e. The van der Waals surface area contributed by atoms with Gasteiger partial charge in [0.2, 0.25) is 5.28 Å². The number of nitrogens with zero attached hydrogens (tertiary/aromatic N) is 4. The topological polar surface area (TPSA) is 93.4 Å². The summed E-state index contributed by atoms with van der Waals surface area (Å²) in [7, 11) is 0. The molecule has 4 N–H and O–H groups in total. The van der Waals surface area contributed by atoms with Crippen molar-refractivity contribution in [3.05, 3.63) is 17.5 Å². The fraction of sp³-hybridized carbons (Fsp3) is 0.375. The Morgan fingerprint density at radius 3 is 2.87 bits per heavy atom. The zero-order valence-electron chi connectivity index (χ0n) is 7.97. The number of rotatable bonds is 2. The minimum Gasteiger partial charge on any atom is -0.322 e. The van der Waals surface area contributed by atoms with E-state index in [1.165, 1.54) is 11.2 Å². The Hall–Kier alpha value is -1.40.